The van der Waals surface area contributed by atoms with Crippen LogP contribution in [0, 0.1) is 5.92 Å². The van der Waals surface area contributed by atoms with Crippen LogP contribution in [0.5, 0.6) is 0 Å². The van der Waals surface area contributed by atoms with Gasteiger partial charge in [-0.05, 0) is 49.8 Å². The molecule has 140 valence electrons. The molecule has 7 heteroatoms. The molecule has 1 aliphatic rings. The van der Waals surface area contributed by atoms with E-state index in [0.29, 0.717) is 12.3 Å². The largest absolute Gasteiger partial charge is 0.452 e. The molecule has 2 heterocycles. The maximum atomic E-state index is 12.3. The van der Waals surface area contributed by atoms with E-state index in [0.717, 1.165) is 31.6 Å². The molecule has 2 aromatic heterocycles. The number of amides is 1. The lowest BCUT2D eigenvalue weighted by molar-refractivity contribution is -0.136. The van der Waals surface area contributed by atoms with E-state index in [1.807, 2.05) is 6.07 Å². The van der Waals surface area contributed by atoms with Crippen molar-refractivity contribution in [3.63, 3.8) is 0 Å². The molecule has 0 N–H and O–H groups in total. The zero-order valence-corrected chi connectivity index (χ0v) is 15.3. The van der Waals surface area contributed by atoms with Crippen LogP contribution < -0.4 is 0 Å². The molecule has 0 spiro atoms. The Labute approximate surface area is 152 Å². The fourth-order valence-electron chi connectivity index (χ4n) is 3.26. The van der Waals surface area contributed by atoms with Crippen LogP contribution in [0.2, 0.25) is 0 Å². The summed E-state index contributed by atoms with van der Waals surface area (Å²) in [5.74, 6) is 0.606. The molecular formula is C19H25N3O4. The highest BCUT2D eigenvalue weighted by molar-refractivity contribution is 5.88. The number of aromatic nitrogens is 2. The van der Waals surface area contributed by atoms with Gasteiger partial charge in [0.2, 0.25) is 5.76 Å². The number of carbonyl (C=O) groups excluding carboxylic acids is 2. The van der Waals surface area contributed by atoms with E-state index in [1.165, 1.54) is 0 Å². The first kappa shape index (κ1) is 18.2. The van der Waals surface area contributed by atoms with Gasteiger partial charge in [0.15, 0.2) is 6.61 Å². The number of ether oxygens (including phenoxy) is 1. The van der Waals surface area contributed by atoms with Crippen LogP contribution in [-0.4, -0.2) is 46.3 Å². The summed E-state index contributed by atoms with van der Waals surface area (Å²) in [5, 5.41) is 4.08. The fraction of sp³-hybridized carbons (Fsp3) is 0.526. The van der Waals surface area contributed by atoms with Crippen molar-refractivity contribution < 1.29 is 18.7 Å². The van der Waals surface area contributed by atoms with Crippen molar-refractivity contribution in [2.75, 3.05) is 13.7 Å². The van der Waals surface area contributed by atoms with Crippen LogP contribution in [0.15, 0.2) is 35.0 Å². The Kier molecular flexibility index (Phi) is 5.75. The van der Waals surface area contributed by atoms with Crippen LogP contribution in [0.4, 0.5) is 0 Å². The quantitative estimate of drug-likeness (QED) is 0.741. The molecule has 0 saturated heterocycles. The van der Waals surface area contributed by atoms with Gasteiger partial charge >= 0.3 is 5.97 Å². The van der Waals surface area contributed by atoms with Crippen LogP contribution in [-0.2, 0) is 16.1 Å². The van der Waals surface area contributed by atoms with Crippen molar-refractivity contribution >= 4 is 11.9 Å². The number of esters is 1. The smallest absolute Gasteiger partial charge is 0.374 e. The van der Waals surface area contributed by atoms with E-state index < -0.39 is 5.97 Å². The summed E-state index contributed by atoms with van der Waals surface area (Å²) in [7, 11) is 1.78. The average molecular weight is 359 g/mol. The summed E-state index contributed by atoms with van der Waals surface area (Å²) in [6.45, 7) is 2.41. The lowest BCUT2D eigenvalue weighted by Gasteiger charge is -2.33. The maximum absolute atomic E-state index is 12.3. The number of likely N-dealkylation sites (N-methyl/N-ethyl adjacent to an activating group) is 1. The van der Waals surface area contributed by atoms with Crippen molar-refractivity contribution in [2.24, 2.45) is 5.92 Å². The molecule has 0 radical (unpaired) electrons. The Balaban J connectivity index is 1.47. The van der Waals surface area contributed by atoms with Gasteiger partial charge in [0.1, 0.15) is 5.76 Å². The fourth-order valence-corrected chi connectivity index (χ4v) is 3.26. The summed E-state index contributed by atoms with van der Waals surface area (Å²) < 4.78 is 12.3. The van der Waals surface area contributed by atoms with Crippen molar-refractivity contribution in [3.05, 3.63) is 42.1 Å². The molecule has 3 rings (SSSR count). The standard InChI is InChI=1S/C19H25N3O4/c1-14-4-6-15(7-5-14)21(2)18(23)13-25-19(24)17-9-8-16(26-17)12-22-11-3-10-20-22/h3,8-11,14-15H,4-7,12-13H2,1-2H3. The van der Waals surface area contributed by atoms with E-state index in [2.05, 4.69) is 12.0 Å². The number of hydrogen-bond donors (Lipinski definition) is 0. The summed E-state index contributed by atoms with van der Waals surface area (Å²) in [6, 6.07) is 5.31. The molecule has 0 aliphatic heterocycles. The van der Waals surface area contributed by atoms with E-state index >= 15 is 0 Å². The van der Waals surface area contributed by atoms with E-state index in [1.54, 1.807) is 41.2 Å². The summed E-state index contributed by atoms with van der Waals surface area (Å²) >= 11 is 0. The minimum absolute atomic E-state index is 0.0918. The molecule has 1 fully saturated rings. The monoisotopic (exact) mass is 359 g/mol. The van der Waals surface area contributed by atoms with Gasteiger partial charge in [0, 0.05) is 25.5 Å². The van der Waals surface area contributed by atoms with Gasteiger partial charge in [0.25, 0.3) is 5.91 Å². The zero-order valence-electron chi connectivity index (χ0n) is 15.3. The minimum Gasteiger partial charge on any atom is -0.452 e. The van der Waals surface area contributed by atoms with Gasteiger partial charge in [-0.15, -0.1) is 0 Å². The van der Waals surface area contributed by atoms with Crippen molar-refractivity contribution in [1.29, 1.82) is 0 Å². The van der Waals surface area contributed by atoms with Crippen LogP contribution >= 0.6 is 0 Å². The van der Waals surface area contributed by atoms with Gasteiger partial charge < -0.3 is 14.1 Å². The normalized spacial score (nSPS) is 19.9. The van der Waals surface area contributed by atoms with Crippen LogP contribution in [0.1, 0.15) is 48.9 Å². The van der Waals surface area contributed by atoms with Gasteiger partial charge in [-0.25, -0.2) is 4.79 Å². The molecule has 26 heavy (non-hydrogen) atoms. The lowest BCUT2D eigenvalue weighted by atomic mass is 9.87. The molecule has 1 amide bonds. The highest BCUT2D eigenvalue weighted by atomic mass is 16.5. The predicted molar refractivity (Wildman–Crippen MR) is 94.5 cm³/mol. The minimum atomic E-state index is -0.629. The van der Waals surface area contributed by atoms with E-state index in [9.17, 15) is 9.59 Å². The molecule has 1 aliphatic carbocycles. The summed E-state index contributed by atoms with van der Waals surface area (Å²) in [6.07, 6.45) is 7.76. The Morgan fingerprint density at radius 2 is 2.08 bits per heavy atom. The number of furan rings is 1. The maximum Gasteiger partial charge on any atom is 0.374 e. The van der Waals surface area contributed by atoms with E-state index in [4.69, 9.17) is 9.15 Å². The van der Waals surface area contributed by atoms with Gasteiger partial charge in [-0.3, -0.25) is 9.48 Å². The Hall–Kier alpha value is -2.57. The molecular weight excluding hydrogens is 334 g/mol. The second-order valence-electron chi connectivity index (χ2n) is 6.96. The second-order valence-corrected chi connectivity index (χ2v) is 6.96. The number of nitrogens with zero attached hydrogens (tertiary/aromatic N) is 3. The molecule has 0 atom stereocenters. The highest BCUT2D eigenvalue weighted by Gasteiger charge is 2.25. The molecule has 1 saturated carbocycles. The Morgan fingerprint density at radius 1 is 1.31 bits per heavy atom. The van der Waals surface area contributed by atoms with E-state index in [-0.39, 0.29) is 24.3 Å². The third-order valence-electron chi connectivity index (χ3n) is 4.99. The van der Waals surface area contributed by atoms with Crippen molar-refractivity contribution in [1.82, 2.24) is 14.7 Å². The third kappa shape index (κ3) is 4.53. The summed E-state index contributed by atoms with van der Waals surface area (Å²) in [4.78, 5) is 26.1. The van der Waals surface area contributed by atoms with Crippen molar-refractivity contribution in [2.45, 2.75) is 45.2 Å². The number of carbonyl (C=O) groups is 2. The first-order valence-corrected chi connectivity index (χ1v) is 9.02. The summed E-state index contributed by atoms with van der Waals surface area (Å²) in [5.41, 5.74) is 0. The number of rotatable bonds is 6. The molecule has 2 aromatic rings. The topological polar surface area (TPSA) is 77.6 Å². The average Bonchev–Trinajstić information content (AvgIpc) is 3.32. The molecule has 0 aromatic carbocycles. The first-order valence-electron chi connectivity index (χ1n) is 9.02. The Bertz CT molecular complexity index is 730. The van der Waals surface area contributed by atoms with Crippen LogP contribution in [0.3, 0.4) is 0 Å². The molecule has 0 bridgehead atoms. The van der Waals surface area contributed by atoms with Gasteiger partial charge in [0.05, 0.1) is 6.54 Å². The van der Waals surface area contributed by atoms with Gasteiger partial charge in [-0.2, -0.15) is 5.10 Å². The second kappa shape index (κ2) is 8.21. The van der Waals surface area contributed by atoms with Crippen LogP contribution in [0.25, 0.3) is 0 Å². The zero-order chi connectivity index (χ0) is 18.5. The molecule has 0 unspecified atom stereocenters. The Morgan fingerprint density at radius 3 is 2.77 bits per heavy atom. The molecule has 7 nitrogen and oxygen atoms in total. The first-order chi connectivity index (χ1) is 12.5. The van der Waals surface area contributed by atoms with Gasteiger partial charge in [-0.1, -0.05) is 6.92 Å². The number of hydrogen-bond acceptors (Lipinski definition) is 5. The highest BCUT2D eigenvalue weighted by Crippen LogP contribution is 2.26. The predicted octanol–water partition coefficient (Wildman–Crippen LogP) is 2.72. The lowest BCUT2D eigenvalue weighted by Crippen LogP contribution is -2.41. The third-order valence-corrected chi connectivity index (χ3v) is 4.99. The SMILES string of the molecule is CC1CCC(N(C)C(=O)COC(=O)c2ccc(Cn3cccn3)o2)CC1. The van der Waals surface area contributed by atoms with Crippen molar-refractivity contribution in [3.8, 4) is 0 Å².